The van der Waals surface area contributed by atoms with Crippen LogP contribution in [0.1, 0.15) is 43.5 Å². The van der Waals surface area contributed by atoms with Crippen molar-refractivity contribution in [3.05, 3.63) is 23.7 Å². The third kappa shape index (κ3) is 2.61. The fourth-order valence-electron chi connectivity index (χ4n) is 4.05. The second-order valence-electron chi connectivity index (χ2n) is 7.24. The highest BCUT2D eigenvalue weighted by atomic mass is 32.2. The number of hydrogen-bond acceptors (Lipinski definition) is 4. The van der Waals surface area contributed by atoms with Crippen LogP contribution in [0.25, 0.3) is 5.65 Å². The summed E-state index contributed by atoms with van der Waals surface area (Å²) in [4.78, 5) is 3.66. The summed E-state index contributed by atoms with van der Waals surface area (Å²) in [5.41, 5.74) is -1.03. The molecule has 6 nitrogen and oxygen atoms in total. The van der Waals surface area contributed by atoms with Crippen molar-refractivity contribution in [1.82, 2.24) is 18.9 Å². The molecule has 2 aliphatic rings. The molecule has 0 unspecified atom stereocenters. The van der Waals surface area contributed by atoms with Crippen LogP contribution in [0.4, 0.5) is 13.2 Å². The van der Waals surface area contributed by atoms with Gasteiger partial charge in [0.2, 0.25) is 10.0 Å². The molecule has 1 aliphatic carbocycles. The first kappa shape index (κ1) is 17.7. The van der Waals surface area contributed by atoms with Gasteiger partial charge < -0.3 is 0 Å². The molecular formula is C16H19F3N4O2S. The van der Waals surface area contributed by atoms with Gasteiger partial charge in [0.05, 0.1) is 5.69 Å². The van der Waals surface area contributed by atoms with E-state index in [1.165, 1.54) is 17.6 Å². The van der Waals surface area contributed by atoms with Gasteiger partial charge in [-0.25, -0.2) is 17.9 Å². The van der Waals surface area contributed by atoms with Crippen molar-refractivity contribution in [2.45, 2.75) is 50.1 Å². The molecule has 0 amide bonds. The summed E-state index contributed by atoms with van der Waals surface area (Å²) in [7, 11) is -3.95. The molecule has 4 rings (SSSR count). The first-order chi connectivity index (χ1) is 12.1. The number of aryl methyl sites for hydroxylation is 1. The minimum absolute atomic E-state index is 0.0260. The summed E-state index contributed by atoms with van der Waals surface area (Å²) in [6.07, 6.45) is 1.36. The van der Waals surface area contributed by atoms with Crippen LogP contribution in [0.3, 0.4) is 0 Å². The van der Waals surface area contributed by atoms with E-state index >= 15 is 0 Å². The molecular weight excluding hydrogens is 369 g/mol. The molecule has 1 saturated carbocycles. The van der Waals surface area contributed by atoms with E-state index in [1.807, 2.05) is 0 Å². The number of sulfonamides is 1. The quantitative estimate of drug-likeness (QED) is 0.793. The van der Waals surface area contributed by atoms with Crippen LogP contribution in [-0.4, -0.2) is 40.4 Å². The van der Waals surface area contributed by atoms with Crippen LogP contribution in [-0.2, 0) is 16.2 Å². The molecule has 1 spiro atoms. The zero-order valence-electron chi connectivity index (χ0n) is 14.3. The predicted octanol–water partition coefficient (Wildman–Crippen LogP) is 3.01. The maximum absolute atomic E-state index is 13.2. The van der Waals surface area contributed by atoms with Crippen molar-refractivity contribution < 1.29 is 21.6 Å². The lowest BCUT2D eigenvalue weighted by molar-refractivity contribution is -0.142. The number of fused-ring (bicyclic) bond motifs is 1. The molecule has 3 heterocycles. The highest BCUT2D eigenvalue weighted by Gasteiger charge is 2.43. The Balaban J connectivity index is 1.75. The Labute approximate surface area is 149 Å². The molecule has 2 aromatic heterocycles. The predicted molar refractivity (Wildman–Crippen MR) is 87.0 cm³/mol. The van der Waals surface area contributed by atoms with Crippen molar-refractivity contribution in [3.63, 3.8) is 0 Å². The molecule has 0 atom stereocenters. The molecule has 0 N–H and O–H groups in total. The fourth-order valence-corrected chi connectivity index (χ4v) is 5.76. The third-order valence-electron chi connectivity index (χ3n) is 5.73. The Bertz CT molecular complexity index is 954. The van der Waals surface area contributed by atoms with Gasteiger partial charge in [-0.3, -0.25) is 0 Å². The maximum atomic E-state index is 13.2. The Morgan fingerprint density at radius 3 is 2.35 bits per heavy atom. The molecule has 2 aromatic rings. The maximum Gasteiger partial charge on any atom is 0.433 e. The smallest absolute Gasteiger partial charge is 0.236 e. The molecule has 10 heteroatoms. The first-order valence-corrected chi connectivity index (χ1v) is 10.00. The van der Waals surface area contributed by atoms with Crippen LogP contribution in [0.5, 0.6) is 0 Å². The molecule has 2 fully saturated rings. The van der Waals surface area contributed by atoms with Gasteiger partial charge in [-0.05, 0) is 44.1 Å². The topological polar surface area (TPSA) is 67.6 Å². The van der Waals surface area contributed by atoms with Crippen LogP contribution in [0.15, 0.2) is 17.2 Å². The number of nitrogens with zero attached hydrogens (tertiary/aromatic N) is 4. The highest BCUT2D eigenvalue weighted by Crippen LogP contribution is 2.49. The summed E-state index contributed by atoms with van der Waals surface area (Å²) < 4.78 is 67.7. The Morgan fingerprint density at radius 1 is 1.15 bits per heavy atom. The SMILES string of the molecule is Cc1nn2c(C(F)(F)F)ccnc2c1S(=O)(=O)N1CCC2(CCC2)CC1. The van der Waals surface area contributed by atoms with Gasteiger partial charge in [0.1, 0.15) is 10.6 Å². The Morgan fingerprint density at radius 2 is 1.81 bits per heavy atom. The van der Waals surface area contributed by atoms with Gasteiger partial charge in [-0.1, -0.05) is 6.42 Å². The summed E-state index contributed by atoms with van der Waals surface area (Å²) in [5.74, 6) is 0. The number of piperidine rings is 1. The second-order valence-corrected chi connectivity index (χ2v) is 9.11. The average molecular weight is 388 g/mol. The summed E-state index contributed by atoms with van der Waals surface area (Å²) in [5, 5.41) is 3.82. The number of alkyl halides is 3. The van der Waals surface area contributed by atoms with E-state index < -0.39 is 21.9 Å². The second kappa shape index (κ2) is 5.66. The Kier molecular flexibility index (Phi) is 3.85. The van der Waals surface area contributed by atoms with Crippen molar-refractivity contribution in [1.29, 1.82) is 0 Å². The van der Waals surface area contributed by atoms with Crippen molar-refractivity contribution in [2.24, 2.45) is 5.41 Å². The van der Waals surface area contributed by atoms with Gasteiger partial charge in [0, 0.05) is 19.3 Å². The van der Waals surface area contributed by atoms with E-state index in [2.05, 4.69) is 10.1 Å². The zero-order chi connectivity index (χ0) is 18.7. The lowest BCUT2D eigenvalue weighted by atomic mass is 9.63. The van der Waals surface area contributed by atoms with E-state index in [9.17, 15) is 21.6 Å². The molecule has 1 saturated heterocycles. The third-order valence-corrected chi connectivity index (χ3v) is 7.76. The Hall–Kier alpha value is -1.68. The lowest BCUT2D eigenvalue weighted by Gasteiger charge is -2.47. The highest BCUT2D eigenvalue weighted by molar-refractivity contribution is 7.89. The van der Waals surface area contributed by atoms with Gasteiger partial charge >= 0.3 is 6.18 Å². The molecule has 0 aromatic carbocycles. The molecule has 142 valence electrons. The van der Waals surface area contributed by atoms with Gasteiger partial charge in [-0.15, -0.1) is 0 Å². The number of aromatic nitrogens is 3. The summed E-state index contributed by atoms with van der Waals surface area (Å²) in [6.45, 7) is 2.18. The van der Waals surface area contributed by atoms with E-state index in [0.717, 1.165) is 37.9 Å². The fraction of sp³-hybridized carbons (Fsp3) is 0.625. The van der Waals surface area contributed by atoms with Crippen molar-refractivity contribution in [2.75, 3.05) is 13.1 Å². The standard InChI is InChI=1S/C16H19F3N4O2S/c1-11-13(14-20-8-3-12(16(17,18)19)23(14)21-11)26(24,25)22-9-6-15(7-10-22)4-2-5-15/h3,8H,2,4-7,9-10H2,1H3. The van der Waals surface area contributed by atoms with Crippen LogP contribution >= 0.6 is 0 Å². The number of rotatable bonds is 2. The van der Waals surface area contributed by atoms with Gasteiger partial charge in [0.25, 0.3) is 0 Å². The zero-order valence-corrected chi connectivity index (χ0v) is 15.1. The van der Waals surface area contributed by atoms with E-state index in [0.29, 0.717) is 17.6 Å². The lowest BCUT2D eigenvalue weighted by Crippen LogP contribution is -2.45. The van der Waals surface area contributed by atoms with Crippen LogP contribution in [0.2, 0.25) is 0 Å². The van der Waals surface area contributed by atoms with Crippen LogP contribution < -0.4 is 0 Å². The summed E-state index contributed by atoms with van der Waals surface area (Å²) in [6, 6.07) is 0.789. The molecule has 26 heavy (non-hydrogen) atoms. The monoisotopic (exact) mass is 388 g/mol. The minimum Gasteiger partial charge on any atom is -0.236 e. The molecule has 0 bridgehead atoms. The minimum atomic E-state index is -4.65. The van der Waals surface area contributed by atoms with Crippen molar-refractivity contribution in [3.8, 4) is 0 Å². The number of hydrogen-bond donors (Lipinski definition) is 0. The average Bonchev–Trinajstić information content (AvgIpc) is 2.88. The van der Waals surface area contributed by atoms with E-state index in [4.69, 9.17) is 0 Å². The largest absolute Gasteiger partial charge is 0.433 e. The van der Waals surface area contributed by atoms with Gasteiger partial charge in [0.15, 0.2) is 5.65 Å². The number of halogens is 3. The molecule has 0 radical (unpaired) electrons. The van der Waals surface area contributed by atoms with Crippen molar-refractivity contribution >= 4 is 15.7 Å². The normalized spacial score (nSPS) is 21.2. The summed E-state index contributed by atoms with van der Waals surface area (Å²) >= 11 is 0. The van der Waals surface area contributed by atoms with Crippen LogP contribution in [0, 0.1) is 12.3 Å². The van der Waals surface area contributed by atoms with Gasteiger partial charge in [-0.2, -0.15) is 22.6 Å². The van der Waals surface area contributed by atoms with E-state index in [1.54, 1.807) is 0 Å². The first-order valence-electron chi connectivity index (χ1n) is 8.56. The molecule has 1 aliphatic heterocycles. The van der Waals surface area contributed by atoms with E-state index in [-0.39, 0.29) is 21.7 Å².